The van der Waals surface area contributed by atoms with E-state index < -0.39 is 29.8 Å². The Kier molecular flexibility index (Phi) is 7.51. The van der Waals surface area contributed by atoms with Gasteiger partial charge in [-0.3, -0.25) is 4.90 Å². The van der Waals surface area contributed by atoms with Crippen LogP contribution in [0.25, 0.3) is 0 Å². The third-order valence-corrected chi connectivity index (χ3v) is 5.66. The molecule has 10 heteroatoms. The Morgan fingerprint density at radius 3 is 2.40 bits per heavy atom. The SMILES string of the molecule is CC1=C(C(=O)OCCN(C)C)C(c2ccc(C#N)cc2)N(C)C(=O)N1c1cccc(C(F)(F)F)c1. The van der Waals surface area contributed by atoms with Gasteiger partial charge in [-0.1, -0.05) is 18.2 Å². The summed E-state index contributed by atoms with van der Waals surface area (Å²) in [5.41, 5.74) is 0.306. The summed E-state index contributed by atoms with van der Waals surface area (Å²) in [5.74, 6) is -0.685. The maximum atomic E-state index is 13.4. The van der Waals surface area contributed by atoms with Gasteiger partial charge in [-0.25, -0.2) is 9.59 Å². The van der Waals surface area contributed by atoms with Gasteiger partial charge in [0.15, 0.2) is 0 Å². The number of esters is 1. The number of rotatable bonds is 6. The normalized spacial score (nSPS) is 16.5. The van der Waals surface area contributed by atoms with Crippen LogP contribution in [0, 0.1) is 11.3 Å². The Balaban J connectivity index is 2.14. The molecule has 0 saturated heterocycles. The number of allylic oxidation sites excluding steroid dienone is 1. The number of alkyl halides is 3. The second-order valence-electron chi connectivity index (χ2n) is 8.35. The standard InChI is InChI=1S/C25H25F3N4O3/c1-16-21(23(33)35-13-12-30(2)3)22(18-10-8-17(15-29)9-11-18)31(4)24(34)32(16)20-7-5-6-19(14-20)25(26,27)28/h5-11,14,22H,12-13H2,1-4H3. The quantitative estimate of drug-likeness (QED) is 0.559. The van der Waals surface area contributed by atoms with E-state index in [4.69, 9.17) is 10.00 Å². The molecule has 1 aliphatic rings. The summed E-state index contributed by atoms with van der Waals surface area (Å²) in [6.45, 7) is 2.06. The number of ether oxygens (including phenoxy) is 1. The lowest BCUT2D eigenvalue weighted by molar-refractivity contribution is -0.140. The zero-order chi connectivity index (χ0) is 25.9. The predicted octanol–water partition coefficient (Wildman–Crippen LogP) is 4.57. The number of hydrogen-bond donors (Lipinski definition) is 0. The molecule has 184 valence electrons. The molecule has 1 heterocycles. The fraction of sp³-hybridized carbons (Fsp3) is 0.320. The summed E-state index contributed by atoms with van der Waals surface area (Å²) in [6.07, 6.45) is -4.60. The zero-order valence-corrected chi connectivity index (χ0v) is 19.8. The molecule has 1 atom stereocenters. The number of nitrogens with zero attached hydrogens (tertiary/aromatic N) is 4. The van der Waals surface area contributed by atoms with Crippen molar-refractivity contribution in [2.75, 3.05) is 39.2 Å². The number of amides is 2. The van der Waals surface area contributed by atoms with Crippen molar-refractivity contribution in [2.24, 2.45) is 0 Å². The molecule has 0 fully saturated rings. The molecular weight excluding hydrogens is 461 g/mol. The fourth-order valence-corrected chi connectivity index (χ4v) is 3.84. The summed E-state index contributed by atoms with van der Waals surface area (Å²) >= 11 is 0. The molecule has 1 unspecified atom stereocenters. The van der Waals surface area contributed by atoms with E-state index in [-0.39, 0.29) is 23.6 Å². The first kappa shape index (κ1) is 25.8. The first-order valence-corrected chi connectivity index (χ1v) is 10.7. The topological polar surface area (TPSA) is 76.9 Å². The molecule has 0 aromatic heterocycles. The summed E-state index contributed by atoms with van der Waals surface area (Å²) in [5, 5.41) is 9.11. The number of halogens is 3. The highest BCUT2D eigenvalue weighted by atomic mass is 19.4. The molecule has 1 aliphatic heterocycles. The van der Waals surface area contributed by atoms with Crippen LogP contribution >= 0.6 is 0 Å². The molecule has 0 aliphatic carbocycles. The highest BCUT2D eigenvalue weighted by molar-refractivity contribution is 6.03. The van der Waals surface area contributed by atoms with E-state index in [0.717, 1.165) is 17.0 Å². The predicted molar refractivity (Wildman–Crippen MR) is 123 cm³/mol. The van der Waals surface area contributed by atoms with Crippen LogP contribution in [0.2, 0.25) is 0 Å². The first-order chi connectivity index (χ1) is 16.5. The highest BCUT2D eigenvalue weighted by Crippen LogP contribution is 2.40. The summed E-state index contributed by atoms with van der Waals surface area (Å²) in [7, 11) is 5.10. The maximum absolute atomic E-state index is 13.4. The Bertz CT molecular complexity index is 1180. The molecule has 2 aromatic carbocycles. The molecule has 0 bridgehead atoms. The smallest absolute Gasteiger partial charge is 0.416 e. The Morgan fingerprint density at radius 2 is 1.83 bits per heavy atom. The minimum absolute atomic E-state index is 0.0222. The lowest BCUT2D eigenvalue weighted by Crippen LogP contribution is -2.49. The lowest BCUT2D eigenvalue weighted by atomic mass is 9.92. The van der Waals surface area contributed by atoms with Crippen LogP contribution in [0.15, 0.2) is 59.8 Å². The van der Waals surface area contributed by atoms with E-state index in [0.29, 0.717) is 17.7 Å². The van der Waals surface area contributed by atoms with Gasteiger partial charge in [0.1, 0.15) is 6.61 Å². The Morgan fingerprint density at radius 1 is 1.17 bits per heavy atom. The van der Waals surface area contributed by atoms with Gasteiger partial charge in [-0.2, -0.15) is 18.4 Å². The second-order valence-corrected chi connectivity index (χ2v) is 8.35. The lowest BCUT2D eigenvalue weighted by Gasteiger charge is -2.41. The van der Waals surface area contributed by atoms with Crippen molar-refractivity contribution in [2.45, 2.75) is 19.1 Å². The Labute approximate surface area is 201 Å². The summed E-state index contributed by atoms with van der Waals surface area (Å²) < 4.78 is 45.5. The van der Waals surface area contributed by atoms with Gasteiger partial charge >= 0.3 is 18.2 Å². The van der Waals surface area contributed by atoms with Gasteiger partial charge in [0.05, 0.1) is 34.5 Å². The van der Waals surface area contributed by atoms with Crippen LogP contribution in [0.4, 0.5) is 23.7 Å². The molecule has 0 radical (unpaired) electrons. The van der Waals surface area contributed by atoms with Crippen molar-refractivity contribution in [1.29, 1.82) is 5.26 Å². The van der Waals surface area contributed by atoms with Crippen LogP contribution in [-0.4, -0.2) is 56.1 Å². The number of benzene rings is 2. The number of carbonyl (C=O) groups excluding carboxylic acids is 2. The number of carbonyl (C=O) groups is 2. The van der Waals surface area contributed by atoms with Crippen molar-refractivity contribution in [3.63, 3.8) is 0 Å². The molecule has 3 rings (SSSR count). The highest BCUT2D eigenvalue weighted by Gasteiger charge is 2.42. The van der Waals surface area contributed by atoms with Crippen molar-refractivity contribution >= 4 is 17.7 Å². The molecule has 7 nitrogen and oxygen atoms in total. The van der Waals surface area contributed by atoms with Crippen LogP contribution in [0.1, 0.15) is 29.7 Å². The Hall–Kier alpha value is -3.84. The van der Waals surface area contributed by atoms with E-state index >= 15 is 0 Å². The van der Waals surface area contributed by atoms with Gasteiger partial charge in [0, 0.05) is 19.3 Å². The molecule has 0 N–H and O–H groups in total. The minimum Gasteiger partial charge on any atom is -0.461 e. The third-order valence-electron chi connectivity index (χ3n) is 5.66. The monoisotopic (exact) mass is 486 g/mol. The number of nitriles is 1. The molecule has 35 heavy (non-hydrogen) atoms. The number of urea groups is 1. The number of anilines is 1. The van der Waals surface area contributed by atoms with E-state index in [1.54, 1.807) is 24.3 Å². The number of hydrogen-bond acceptors (Lipinski definition) is 5. The van der Waals surface area contributed by atoms with Crippen molar-refractivity contribution in [1.82, 2.24) is 9.80 Å². The van der Waals surface area contributed by atoms with Gasteiger partial charge < -0.3 is 14.5 Å². The van der Waals surface area contributed by atoms with Crippen LogP contribution in [0.5, 0.6) is 0 Å². The van der Waals surface area contributed by atoms with Gasteiger partial charge in [-0.15, -0.1) is 0 Å². The van der Waals surface area contributed by atoms with E-state index in [2.05, 4.69) is 0 Å². The largest absolute Gasteiger partial charge is 0.461 e. The van der Waals surface area contributed by atoms with E-state index in [1.807, 2.05) is 25.1 Å². The first-order valence-electron chi connectivity index (χ1n) is 10.7. The van der Waals surface area contributed by atoms with Crippen molar-refractivity contribution < 1.29 is 27.5 Å². The summed E-state index contributed by atoms with van der Waals surface area (Å²) in [4.78, 5) is 30.8. The average Bonchev–Trinajstić information content (AvgIpc) is 2.80. The number of likely N-dealkylation sites (N-methyl/N-ethyl adjacent to an activating group) is 2. The third kappa shape index (κ3) is 5.46. The van der Waals surface area contributed by atoms with Gasteiger partial charge in [0.25, 0.3) is 0 Å². The summed E-state index contributed by atoms with van der Waals surface area (Å²) in [6, 6.07) is 11.3. The molecule has 2 amide bonds. The van der Waals surface area contributed by atoms with Gasteiger partial charge in [0.2, 0.25) is 0 Å². The van der Waals surface area contributed by atoms with Gasteiger partial charge in [-0.05, 0) is 56.9 Å². The second kappa shape index (κ2) is 10.2. The van der Waals surface area contributed by atoms with E-state index in [1.165, 1.54) is 31.0 Å². The van der Waals surface area contributed by atoms with Crippen LogP contribution < -0.4 is 4.90 Å². The molecular formula is C25H25F3N4O3. The zero-order valence-electron chi connectivity index (χ0n) is 19.8. The average molecular weight is 486 g/mol. The molecule has 0 saturated carbocycles. The molecule has 2 aromatic rings. The fourth-order valence-electron chi connectivity index (χ4n) is 3.84. The van der Waals surface area contributed by atoms with Crippen LogP contribution in [-0.2, 0) is 15.7 Å². The maximum Gasteiger partial charge on any atom is 0.416 e. The molecule has 0 spiro atoms. The van der Waals surface area contributed by atoms with Crippen molar-refractivity contribution in [3.05, 3.63) is 76.5 Å². The van der Waals surface area contributed by atoms with Crippen molar-refractivity contribution in [3.8, 4) is 6.07 Å². The minimum atomic E-state index is -4.60. The van der Waals surface area contributed by atoms with E-state index in [9.17, 15) is 22.8 Å². The van der Waals surface area contributed by atoms with Crippen LogP contribution in [0.3, 0.4) is 0 Å².